The van der Waals surface area contributed by atoms with Crippen molar-refractivity contribution in [2.75, 3.05) is 13.7 Å². The van der Waals surface area contributed by atoms with Crippen LogP contribution in [0.5, 0.6) is 0 Å². The van der Waals surface area contributed by atoms with E-state index < -0.39 is 20.6 Å². The molecule has 112 valence electrons. The summed E-state index contributed by atoms with van der Waals surface area (Å²) in [5, 5.41) is 0. The third kappa shape index (κ3) is 9.66. The van der Waals surface area contributed by atoms with Crippen LogP contribution in [0.2, 0.25) is 0 Å². The Bertz CT molecular complexity index is 422. The van der Waals surface area contributed by atoms with E-state index in [2.05, 4.69) is 33.1 Å². The normalized spacial score (nSPS) is 14.5. The first kappa shape index (κ1) is 18.1. The smallest absolute Gasteiger partial charge is 0.412 e. The van der Waals surface area contributed by atoms with Gasteiger partial charge in [-0.3, -0.25) is 4.57 Å². The maximum atomic E-state index is 11.3. The lowest BCUT2D eigenvalue weighted by Gasteiger charge is -2.20. The summed E-state index contributed by atoms with van der Waals surface area (Å²) in [6.45, 7) is 1.32. The van der Waals surface area contributed by atoms with Gasteiger partial charge in [0.25, 0.3) is 7.82 Å². The number of imidazole rings is 1. The Morgan fingerprint density at radius 1 is 1.47 bits per heavy atom. The molecule has 19 heavy (non-hydrogen) atoms. The van der Waals surface area contributed by atoms with Gasteiger partial charge in [0.15, 0.2) is 6.61 Å². The Balaban J connectivity index is 0.000000356. The van der Waals surface area contributed by atoms with E-state index in [0.717, 1.165) is 6.54 Å². The molecule has 0 aromatic carbocycles. The Kier molecular flexibility index (Phi) is 7.28. The molecule has 0 spiro atoms. The Hall–Kier alpha value is -0.890. The van der Waals surface area contributed by atoms with Crippen LogP contribution in [0, 0.1) is 0 Å². The third-order valence-corrected chi connectivity index (χ3v) is 2.69. The minimum atomic E-state index is -4.74. The number of nitrogens with zero attached hydrogens (tertiary/aromatic N) is 2. The highest BCUT2D eigenvalue weighted by Crippen LogP contribution is 2.38. The highest BCUT2D eigenvalue weighted by molar-refractivity contribution is 7.45. The van der Waals surface area contributed by atoms with Crippen molar-refractivity contribution in [2.24, 2.45) is 7.05 Å². The summed E-state index contributed by atoms with van der Waals surface area (Å²) < 4.78 is 55.1. The molecular formula is C9H16F3N2O4P. The van der Waals surface area contributed by atoms with Crippen LogP contribution in [0.4, 0.5) is 13.2 Å². The predicted molar refractivity (Wildman–Crippen MR) is 57.9 cm³/mol. The van der Waals surface area contributed by atoms with E-state index in [4.69, 9.17) is 0 Å². The minimum absolute atomic E-state index is 0.712. The molecule has 0 radical (unpaired) electrons. The Morgan fingerprint density at radius 2 is 2.05 bits per heavy atom. The lowest BCUT2D eigenvalue weighted by atomic mass is 10.7. The van der Waals surface area contributed by atoms with Crippen LogP contribution < -0.4 is 9.46 Å². The fraction of sp³-hybridized carbons (Fsp3) is 0.667. The molecule has 0 saturated carbocycles. The summed E-state index contributed by atoms with van der Waals surface area (Å²) in [4.78, 5) is 10.1. The average Bonchev–Trinajstić information content (AvgIpc) is 2.73. The van der Waals surface area contributed by atoms with Gasteiger partial charge in [0.2, 0.25) is 6.33 Å². The molecule has 0 N–H and O–H groups in total. The molecular weight excluding hydrogens is 288 g/mol. The number of halogens is 3. The molecule has 0 bridgehead atoms. The fourth-order valence-electron chi connectivity index (χ4n) is 0.894. The first-order valence-electron chi connectivity index (χ1n) is 5.18. The van der Waals surface area contributed by atoms with Gasteiger partial charge in [0.05, 0.1) is 13.6 Å². The molecule has 0 aliphatic heterocycles. The van der Waals surface area contributed by atoms with Crippen LogP contribution in [0.3, 0.4) is 0 Å². The quantitative estimate of drug-likeness (QED) is 0.615. The first-order chi connectivity index (χ1) is 8.59. The minimum Gasteiger partial charge on any atom is -0.756 e. The number of rotatable bonds is 4. The van der Waals surface area contributed by atoms with Crippen molar-refractivity contribution in [1.82, 2.24) is 4.57 Å². The second-order valence-electron chi connectivity index (χ2n) is 3.43. The number of aromatic nitrogens is 2. The van der Waals surface area contributed by atoms with E-state index in [-0.39, 0.29) is 0 Å². The predicted octanol–water partition coefficient (Wildman–Crippen LogP) is 1.01. The maximum absolute atomic E-state index is 11.3. The van der Waals surface area contributed by atoms with Gasteiger partial charge in [-0.1, -0.05) is 0 Å². The van der Waals surface area contributed by atoms with Crippen molar-refractivity contribution < 1.29 is 36.2 Å². The molecule has 10 heteroatoms. The molecule has 6 nitrogen and oxygen atoms in total. The Morgan fingerprint density at radius 3 is 2.32 bits per heavy atom. The van der Waals surface area contributed by atoms with Gasteiger partial charge >= 0.3 is 6.18 Å². The monoisotopic (exact) mass is 304 g/mol. The summed E-state index contributed by atoms with van der Waals surface area (Å²) >= 11 is 0. The zero-order valence-electron chi connectivity index (χ0n) is 10.8. The van der Waals surface area contributed by atoms with Crippen LogP contribution in [0.1, 0.15) is 6.92 Å². The van der Waals surface area contributed by atoms with Crippen molar-refractivity contribution >= 4 is 7.82 Å². The second kappa shape index (κ2) is 7.64. The molecule has 0 fully saturated rings. The van der Waals surface area contributed by atoms with Crippen LogP contribution in [0.25, 0.3) is 0 Å². The SMILES string of the molecule is CCn1cc[n+](C)c1.COP(=O)([O-])OCC(F)(F)F. The zero-order valence-corrected chi connectivity index (χ0v) is 11.6. The number of phosphoric ester groups is 1. The number of aryl methyl sites for hydroxylation is 2. The number of hydrogen-bond donors (Lipinski definition) is 0. The van der Waals surface area contributed by atoms with E-state index in [1.54, 1.807) is 0 Å². The van der Waals surface area contributed by atoms with E-state index >= 15 is 0 Å². The molecule has 0 aliphatic carbocycles. The lowest BCUT2D eigenvalue weighted by Crippen LogP contribution is -2.23. The number of hydrogen-bond acceptors (Lipinski definition) is 4. The van der Waals surface area contributed by atoms with E-state index in [0.29, 0.717) is 7.11 Å². The molecule has 0 saturated heterocycles. The summed E-state index contributed by atoms with van der Waals surface area (Å²) in [7, 11) is -2.01. The highest BCUT2D eigenvalue weighted by Gasteiger charge is 2.29. The molecule has 1 aromatic rings. The van der Waals surface area contributed by atoms with Crippen molar-refractivity contribution in [3.63, 3.8) is 0 Å². The van der Waals surface area contributed by atoms with Crippen molar-refractivity contribution in [3.8, 4) is 0 Å². The van der Waals surface area contributed by atoms with Gasteiger partial charge in [-0.2, -0.15) is 13.2 Å². The van der Waals surface area contributed by atoms with Crippen molar-refractivity contribution in [2.45, 2.75) is 19.6 Å². The van der Waals surface area contributed by atoms with Gasteiger partial charge in [0, 0.05) is 7.11 Å². The number of phosphoric acid groups is 1. The van der Waals surface area contributed by atoms with Crippen LogP contribution in [-0.4, -0.2) is 24.5 Å². The highest BCUT2D eigenvalue weighted by atomic mass is 31.2. The largest absolute Gasteiger partial charge is 0.756 e. The Labute approximate surface area is 109 Å². The van der Waals surface area contributed by atoms with Crippen LogP contribution in [0.15, 0.2) is 18.7 Å². The number of alkyl halides is 3. The van der Waals surface area contributed by atoms with Crippen LogP contribution in [-0.2, 0) is 27.2 Å². The molecule has 1 rings (SSSR count). The molecule has 1 heterocycles. The van der Waals surface area contributed by atoms with E-state index in [1.165, 1.54) is 0 Å². The summed E-state index contributed by atoms with van der Waals surface area (Å²) in [5.74, 6) is 0. The van der Waals surface area contributed by atoms with E-state index in [1.807, 2.05) is 17.8 Å². The summed E-state index contributed by atoms with van der Waals surface area (Å²) in [5.41, 5.74) is 0. The third-order valence-electron chi connectivity index (χ3n) is 1.80. The lowest BCUT2D eigenvalue weighted by molar-refractivity contribution is -0.671. The van der Waals surface area contributed by atoms with Crippen molar-refractivity contribution in [3.05, 3.63) is 18.7 Å². The van der Waals surface area contributed by atoms with Gasteiger partial charge < -0.3 is 13.9 Å². The van der Waals surface area contributed by atoms with Crippen LogP contribution >= 0.6 is 7.82 Å². The van der Waals surface area contributed by atoms with Gasteiger partial charge in [-0.15, -0.1) is 0 Å². The average molecular weight is 304 g/mol. The maximum Gasteiger partial charge on any atom is 0.412 e. The second-order valence-corrected chi connectivity index (χ2v) is 4.95. The molecule has 1 aromatic heterocycles. The molecule has 1 unspecified atom stereocenters. The van der Waals surface area contributed by atoms with Gasteiger partial charge in [-0.25, -0.2) is 9.13 Å². The standard InChI is InChI=1S/C6H11N2.C3H6F3O4P/c1-3-8-5-4-7(2)6-8;1-9-11(7,8)10-2-3(4,5)6/h4-6H,3H2,1-2H3;2H2,1H3,(H,7,8)/q+1;/p-1. The van der Waals surface area contributed by atoms with Gasteiger partial charge in [-0.05, 0) is 6.92 Å². The fourth-order valence-corrected chi connectivity index (χ4v) is 1.30. The molecule has 1 atom stereocenters. The molecule has 0 aliphatic rings. The van der Waals surface area contributed by atoms with Crippen molar-refractivity contribution in [1.29, 1.82) is 0 Å². The first-order valence-corrected chi connectivity index (χ1v) is 6.64. The molecule has 0 amide bonds. The van der Waals surface area contributed by atoms with E-state index in [9.17, 15) is 22.6 Å². The van der Waals surface area contributed by atoms with Gasteiger partial charge in [0.1, 0.15) is 12.4 Å². The summed E-state index contributed by atoms with van der Waals surface area (Å²) in [6.07, 6.45) is 1.47. The topological polar surface area (TPSA) is 67.4 Å². The summed E-state index contributed by atoms with van der Waals surface area (Å²) in [6, 6.07) is 0. The zero-order chi connectivity index (χ0) is 15.1.